The lowest BCUT2D eigenvalue weighted by atomic mass is 9.81. The molecule has 4 nitrogen and oxygen atoms in total. The van der Waals surface area contributed by atoms with Crippen LogP contribution in [0.4, 0.5) is 10.5 Å². The fourth-order valence-electron chi connectivity index (χ4n) is 2.26. The summed E-state index contributed by atoms with van der Waals surface area (Å²) in [5.74, 6) is 0.564. The van der Waals surface area contributed by atoms with Gasteiger partial charge in [-0.05, 0) is 37.8 Å². The Labute approximate surface area is 108 Å². The van der Waals surface area contributed by atoms with Gasteiger partial charge in [0.25, 0.3) is 0 Å². The summed E-state index contributed by atoms with van der Waals surface area (Å²) in [4.78, 5) is 13.7. The average Bonchev–Trinajstić information content (AvgIpc) is 2.30. The van der Waals surface area contributed by atoms with Crippen LogP contribution in [0.15, 0.2) is 24.3 Å². The molecular formula is C14H21N3O. The van der Waals surface area contributed by atoms with Gasteiger partial charge in [-0.2, -0.15) is 0 Å². The Morgan fingerprint density at radius 3 is 2.56 bits per heavy atom. The molecule has 0 aromatic heterocycles. The number of nitrogens with zero attached hydrogens (tertiary/aromatic N) is 1. The number of amides is 2. The Hall–Kier alpha value is -1.55. The first kappa shape index (κ1) is 12.9. The number of benzene rings is 1. The van der Waals surface area contributed by atoms with Gasteiger partial charge in [-0.25, -0.2) is 4.79 Å². The Bertz CT molecular complexity index is 410. The Kier molecular flexibility index (Phi) is 3.87. The van der Waals surface area contributed by atoms with Crippen molar-refractivity contribution in [2.24, 2.45) is 11.7 Å². The highest BCUT2D eigenvalue weighted by atomic mass is 16.2. The fraction of sp³-hybridized carbons (Fsp3) is 0.500. The van der Waals surface area contributed by atoms with Crippen LogP contribution in [-0.2, 0) is 0 Å². The average molecular weight is 247 g/mol. The molecule has 0 saturated heterocycles. The monoisotopic (exact) mass is 247 g/mol. The number of anilines is 1. The summed E-state index contributed by atoms with van der Waals surface area (Å²) < 4.78 is 0. The molecule has 2 amide bonds. The zero-order valence-electron chi connectivity index (χ0n) is 11.0. The second-order valence-electron chi connectivity index (χ2n) is 5.27. The lowest BCUT2D eigenvalue weighted by molar-refractivity contribution is 0.181. The van der Waals surface area contributed by atoms with Crippen molar-refractivity contribution >= 4 is 11.7 Å². The van der Waals surface area contributed by atoms with Gasteiger partial charge in [0.05, 0.1) is 0 Å². The molecule has 0 spiro atoms. The number of hydrogen-bond donors (Lipinski definition) is 2. The van der Waals surface area contributed by atoms with E-state index in [4.69, 9.17) is 5.73 Å². The lowest BCUT2D eigenvalue weighted by Gasteiger charge is -2.35. The second-order valence-corrected chi connectivity index (χ2v) is 5.27. The Balaban J connectivity index is 1.81. The van der Waals surface area contributed by atoms with Crippen LogP contribution < -0.4 is 11.1 Å². The summed E-state index contributed by atoms with van der Waals surface area (Å²) in [5, 5.41) is 2.89. The first-order chi connectivity index (χ1) is 8.54. The molecule has 0 heterocycles. The molecular weight excluding hydrogens is 226 g/mol. The van der Waals surface area contributed by atoms with Crippen LogP contribution >= 0.6 is 0 Å². The minimum atomic E-state index is -0.0562. The van der Waals surface area contributed by atoms with E-state index in [9.17, 15) is 4.79 Å². The summed E-state index contributed by atoms with van der Waals surface area (Å²) in [5.41, 5.74) is 7.76. The number of carbonyl (C=O) groups is 1. The van der Waals surface area contributed by atoms with Crippen LogP contribution in [-0.4, -0.2) is 30.6 Å². The van der Waals surface area contributed by atoms with Crippen molar-refractivity contribution in [1.29, 1.82) is 0 Å². The third-order valence-electron chi connectivity index (χ3n) is 3.45. The summed E-state index contributed by atoms with van der Waals surface area (Å²) in [6, 6.07) is 8.09. The minimum Gasteiger partial charge on any atom is -0.328 e. The van der Waals surface area contributed by atoms with E-state index in [1.807, 2.05) is 38.2 Å². The maximum Gasteiger partial charge on any atom is 0.321 e. The predicted molar refractivity (Wildman–Crippen MR) is 73.5 cm³/mol. The summed E-state index contributed by atoms with van der Waals surface area (Å²) in [6.45, 7) is 2.81. The van der Waals surface area contributed by atoms with Gasteiger partial charge >= 0.3 is 6.03 Å². The lowest BCUT2D eigenvalue weighted by Crippen LogP contribution is -2.44. The number of nitrogens with one attached hydrogen (secondary N) is 1. The van der Waals surface area contributed by atoms with E-state index >= 15 is 0 Å². The van der Waals surface area contributed by atoms with Crippen molar-refractivity contribution in [1.82, 2.24) is 4.90 Å². The van der Waals surface area contributed by atoms with Gasteiger partial charge in [-0.3, -0.25) is 0 Å². The third-order valence-corrected chi connectivity index (χ3v) is 3.45. The van der Waals surface area contributed by atoms with Gasteiger partial charge in [-0.15, -0.1) is 0 Å². The molecule has 3 N–H and O–H groups in total. The van der Waals surface area contributed by atoms with Gasteiger partial charge < -0.3 is 16.0 Å². The van der Waals surface area contributed by atoms with Crippen LogP contribution in [0.25, 0.3) is 0 Å². The van der Waals surface area contributed by atoms with E-state index in [0.717, 1.165) is 25.1 Å². The number of rotatable bonds is 3. The number of urea groups is 1. The SMILES string of the molecule is Cc1ccc(NC(=O)N(C)CC2CC(N)C2)cc1. The molecule has 1 aromatic rings. The first-order valence-electron chi connectivity index (χ1n) is 6.39. The van der Waals surface area contributed by atoms with Crippen LogP contribution in [0.2, 0.25) is 0 Å². The fourth-order valence-corrected chi connectivity index (χ4v) is 2.26. The van der Waals surface area contributed by atoms with E-state index < -0.39 is 0 Å². The molecule has 1 aromatic carbocycles. The van der Waals surface area contributed by atoms with E-state index in [1.54, 1.807) is 4.90 Å². The van der Waals surface area contributed by atoms with Crippen LogP contribution in [0.5, 0.6) is 0 Å². The van der Waals surface area contributed by atoms with E-state index in [2.05, 4.69) is 5.32 Å². The molecule has 0 radical (unpaired) electrons. The molecule has 4 heteroatoms. The normalized spacial score (nSPS) is 22.2. The molecule has 1 saturated carbocycles. The van der Waals surface area contributed by atoms with Crippen LogP contribution in [0.1, 0.15) is 18.4 Å². The van der Waals surface area contributed by atoms with Gasteiger partial charge in [0.1, 0.15) is 0 Å². The van der Waals surface area contributed by atoms with Crippen molar-refractivity contribution in [2.75, 3.05) is 18.9 Å². The van der Waals surface area contributed by atoms with Gasteiger partial charge in [-0.1, -0.05) is 17.7 Å². The van der Waals surface area contributed by atoms with Crippen LogP contribution in [0.3, 0.4) is 0 Å². The number of carbonyl (C=O) groups excluding carboxylic acids is 1. The zero-order valence-corrected chi connectivity index (χ0v) is 11.0. The Morgan fingerprint density at radius 1 is 1.39 bits per heavy atom. The number of aryl methyl sites for hydroxylation is 1. The molecule has 2 rings (SSSR count). The zero-order chi connectivity index (χ0) is 13.1. The number of hydrogen-bond acceptors (Lipinski definition) is 2. The standard InChI is InChI=1S/C14H21N3O/c1-10-3-5-13(6-4-10)16-14(18)17(2)9-11-7-12(15)8-11/h3-6,11-12H,7-9,15H2,1-2H3,(H,16,18). The molecule has 1 fully saturated rings. The van der Waals surface area contributed by atoms with Crippen molar-refractivity contribution in [2.45, 2.75) is 25.8 Å². The quantitative estimate of drug-likeness (QED) is 0.860. The highest BCUT2D eigenvalue weighted by molar-refractivity contribution is 5.89. The molecule has 18 heavy (non-hydrogen) atoms. The molecule has 0 atom stereocenters. The minimum absolute atomic E-state index is 0.0562. The molecule has 1 aliphatic carbocycles. The maximum absolute atomic E-state index is 11.9. The largest absolute Gasteiger partial charge is 0.328 e. The molecule has 98 valence electrons. The smallest absolute Gasteiger partial charge is 0.321 e. The van der Waals surface area contributed by atoms with Gasteiger partial charge in [0.15, 0.2) is 0 Å². The second kappa shape index (κ2) is 5.40. The molecule has 1 aliphatic rings. The summed E-state index contributed by atoms with van der Waals surface area (Å²) in [7, 11) is 1.83. The van der Waals surface area contributed by atoms with Crippen molar-refractivity contribution < 1.29 is 4.79 Å². The molecule has 0 bridgehead atoms. The number of nitrogens with two attached hydrogens (primary N) is 1. The van der Waals surface area contributed by atoms with Gasteiger partial charge in [0, 0.05) is 25.3 Å². The highest BCUT2D eigenvalue weighted by Gasteiger charge is 2.27. The van der Waals surface area contributed by atoms with Crippen LogP contribution in [0, 0.1) is 12.8 Å². The Morgan fingerprint density at radius 2 is 2.00 bits per heavy atom. The van der Waals surface area contributed by atoms with Crippen molar-refractivity contribution in [3.05, 3.63) is 29.8 Å². The van der Waals surface area contributed by atoms with Gasteiger partial charge in [0.2, 0.25) is 0 Å². The van der Waals surface area contributed by atoms with E-state index in [1.165, 1.54) is 5.56 Å². The van der Waals surface area contributed by atoms with Crippen molar-refractivity contribution in [3.63, 3.8) is 0 Å². The first-order valence-corrected chi connectivity index (χ1v) is 6.39. The van der Waals surface area contributed by atoms with E-state index in [-0.39, 0.29) is 6.03 Å². The topological polar surface area (TPSA) is 58.4 Å². The summed E-state index contributed by atoms with van der Waals surface area (Å²) >= 11 is 0. The predicted octanol–water partition coefficient (Wildman–Crippen LogP) is 2.20. The molecule has 0 unspecified atom stereocenters. The highest BCUT2D eigenvalue weighted by Crippen LogP contribution is 2.26. The molecule has 0 aliphatic heterocycles. The third kappa shape index (κ3) is 3.23. The van der Waals surface area contributed by atoms with E-state index in [0.29, 0.717) is 12.0 Å². The summed E-state index contributed by atoms with van der Waals surface area (Å²) in [6.07, 6.45) is 2.06. The van der Waals surface area contributed by atoms with Crippen molar-refractivity contribution in [3.8, 4) is 0 Å². The maximum atomic E-state index is 11.9.